The Hall–Kier alpha value is -2.75. The molecule has 2 rings (SSSR count). The molecule has 0 aliphatic carbocycles. The molecule has 0 aliphatic rings. The zero-order valence-corrected chi connectivity index (χ0v) is 13.5. The summed E-state index contributed by atoms with van der Waals surface area (Å²) in [7, 11) is 3.22. The van der Waals surface area contributed by atoms with Crippen LogP contribution in [0.2, 0.25) is 0 Å². The van der Waals surface area contributed by atoms with Gasteiger partial charge in [-0.2, -0.15) is 0 Å². The first-order chi connectivity index (χ1) is 11.2. The van der Waals surface area contributed by atoms with E-state index in [1.54, 1.807) is 27.2 Å². The SMILES string of the molecule is CCOC(=O)/C=C/c1cccc(-c2ccc(OC)c(OC)c2)c1. The van der Waals surface area contributed by atoms with Crippen molar-refractivity contribution in [3.8, 4) is 22.6 Å². The average molecular weight is 312 g/mol. The first-order valence-corrected chi connectivity index (χ1v) is 7.35. The average Bonchev–Trinajstić information content (AvgIpc) is 2.60. The van der Waals surface area contributed by atoms with E-state index in [-0.39, 0.29) is 5.97 Å². The van der Waals surface area contributed by atoms with Gasteiger partial charge < -0.3 is 14.2 Å². The number of esters is 1. The van der Waals surface area contributed by atoms with Crippen molar-refractivity contribution in [3.63, 3.8) is 0 Å². The van der Waals surface area contributed by atoms with Gasteiger partial charge in [-0.15, -0.1) is 0 Å². The maximum absolute atomic E-state index is 11.4. The zero-order valence-electron chi connectivity index (χ0n) is 13.5. The van der Waals surface area contributed by atoms with Crippen LogP contribution < -0.4 is 9.47 Å². The van der Waals surface area contributed by atoms with E-state index in [9.17, 15) is 4.79 Å². The van der Waals surface area contributed by atoms with E-state index in [4.69, 9.17) is 14.2 Å². The van der Waals surface area contributed by atoms with E-state index in [0.717, 1.165) is 16.7 Å². The fourth-order valence-electron chi connectivity index (χ4n) is 2.19. The van der Waals surface area contributed by atoms with Gasteiger partial charge in [-0.1, -0.05) is 24.3 Å². The summed E-state index contributed by atoms with van der Waals surface area (Å²) in [5.41, 5.74) is 2.95. The molecular weight excluding hydrogens is 292 g/mol. The molecule has 0 atom stereocenters. The number of hydrogen-bond acceptors (Lipinski definition) is 4. The van der Waals surface area contributed by atoms with Crippen LogP contribution in [-0.4, -0.2) is 26.8 Å². The molecule has 23 heavy (non-hydrogen) atoms. The highest BCUT2D eigenvalue weighted by Crippen LogP contribution is 2.32. The molecule has 0 N–H and O–H groups in total. The van der Waals surface area contributed by atoms with Crippen molar-refractivity contribution in [2.45, 2.75) is 6.92 Å². The standard InChI is InChI=1S/C19H20O4/c1-4-23-19(20)11-8-14-6-5-7-15(12-14)16-9-10-17(21-2)18(13-16)22-3/h5-13H,4H2,1-3H3/b11-8+. The van der Waals surface area contributed by atoms with Gasteiger partial charge >= 0.3 is 5.97 Å². The molecule has 0 aliphatic heterocycles. The molecule has 120 valence electrons. The highest BCUT2D eigenvalue weighted by atomic mass is 16.5. The third-order valence-corrected chi connectivity index (χ3v) is 3.30. The number of ether oxygens (including phenoxy) is 3. The summed E-state index contributed by atoms with van der Waals surface area (Å²) in [6.07, 6.45) is 3.17. The Kier molecular flexibility index (Phi) is 5.80. The Morgan fingerprint density at radius 2 is 1.74 bits per heavy atom. The summed E-state index contributed by atoms with van der Waals surface area (Å²) in [5, 5.41) is 0. The predicted octanol–water partition coefficient (Wildman–Crippen LogP) is 3.95. The van der Waals surface area contributed by atoms with E-state index >= 15 is 0 Å². The summed E-state index contributed by atoms with van der Waals surface area (Å²) in [6, 6.07) is 13.6. The monoisotopic (exact) mass is 312 g/mol. The minimum Gasteiger partial charge on any atom is -0.493 e. The second-order valence-corrected chi connectivity index (χ2v) is 4.78. The maximum Gasteiger partial charge on any atom is 0.330 e. The van der Waals surface area contributed by atoms with Gasteiger partial charge in [0.2, 0.25) is 0 Å². The summed E-state index contributed by atoms with van der Waals surface area (Å²) in [5.74, 6) is 1.02. The molecule has 4 nitrogen and oxygen atoms in total. The van der Waals surface area contributed by atoms with Crippen molar-refractivity contribution < 1.29 is 19.0 Å². The molecule has 0 fully saturated rings. The Bertz CT molecular complexity index is 704. The largest absolute Gasteiger partial charge is 0.493 e. The van der Waals surface area contributed by atoms with Crippen LogP contribution in [0.4, 0.5) is 0 Å². The molecule has 2 aromatic rings. The van der Waals surface area contributed by atoms with Crippen LogP contribution in [0, 0.1) is 0 Å². The number of methoxy groups -OCH3 is 2. The number of hydrogen-bond donors (Lipinski definition) is 0. The highest BCUT2D eigenvalue weighted by Gasteiger charge is 2.06. The molecule has 4 heteroatoms. The van der Waals surface area contributed by atoms with E-state index in [2.05, 4.69) is 0 Å². The van der Waals surface area contributed by atoms with Crippen molar-refractivity contribution in [2.24, 2.45) is 0 Å². The van der Waals surface area contributed by atoms with Crippen LogP contribution >= 0.6 is 0 Å². The Morgan fingerprint density at radius 3 is 2.43 bits per heavy atom. The summed E-state index contributed by atoms with van der Waals surface area (Å²) < 4.78 is 15.5. The molecule has 0 bridgehead atoms. The van der Waals surface area contributed by atoms with E-state index in [1.165, 1.54) is 6.08 Å². The molecule has 0 amide bonds. The van der Waals surface area contributed by atoms with Gasteiger partial charge in [-0.05, 0) is 47.9 Å². The van der Waals surface area contributed by atoms with Crippen molar-refractivity contribution in [1.29, 1.82) is 0 Å². The molecule has 0 saturated heterocycles. The Balaban J connectivity index is 2.27. The lowest BCUT2D eigenvalue weighted by Gasteiger charge is -2.10. The van der Waals surface area contributed by atoms with Gasteiger partial charge in [0, 0.05) is 6.08 Å². The molecule has 2 aromatic carbocycles. The van der Waals surface area contributed by atoms with Crippen molar-refractivity contribution in [3.05, 3.63) is 54.1 Å². The summed E-state index contributed by atoms with van der Waals surface area (Å²) in [6.45, 7) is 2.15. The molecule has 0 spiro atoms. The van der Waals surface area contributed by atoms with Crippen LogP contribution in [0.5, 0.6) is 11.5 Å². The van der Waals surface area contributed by atoms with Crippen molar-refractivity contribution in [2.75, 3.05) is 20.8 Å². The van der Waals surface area contributed by atoms with Gasteiger partial charge in [0.25, 0.3) is 0 Å². The number of rotatable bonds is 6. The van der Waals surface area contributed by atoms with Crippen LogP contribution in [0.15, 0.2) is 48.5 Å². The van der Waals surface area contributed by atoms with Gasteiger partial charge in [0.15, 0.2) is 11.5 Å². The van der Waals surface area contributed by atoms with Crippen LogP contribution in [-0.2, 0) is 9.53 Å². The van der Waals surface area contributed by atoms with Crippen LogP contribution in [0.3, 0.4) is 0 Å². The Labute approximate surface area is 136 Å². The third kappa shape index (κ3) is 4.36. The predicted molar refractivity (Wildman–Crippen MR) is 90.6 cm³/mol. The molecule has 0 saturated carbocycles. The third-order valence-electron chi connectivity index (χ3n) is 3.30. The fourth-order valence-corrected chi connectivity index (χ4v) is 2.19. The fraction of sp³-hybridized carbons (Fsp3) is 0.211. The molecular formula is C19H20O4. The topological polar surface area (TPSA) is 44.8 Å². The summed E-state index contributed by atoms with van der Waals surface area (Å²) >= 11 is 0. The van der Waals surface area contributed by atoms with E-state index in [0.29, 0.717) is 18.1 Å². The van der Waals surface area contributed by atoms with Crippen LogP contribution in [0.1, 0.15) is 12.5 Å². The molecule has 0 aromatic heterocycles. The lowest BCUT2D eigenvalue weighted by atomic mass is 10.0. The lowest BCUT2D eigenvalue weighted by molar-refractivity contribution is -0.137. The highest BCUT2D eigenvalue weighted by molar-refractivity contribution is 5.87. The van der Waals surface area contributed by atoms with Crippen molar-refractivity contribution >= 4 is 12.0 Å². The van der Waals surface area contributed by atoms with Gasteiger partial charge in [-0.25, -0.2) is 4.79 Å². The minimum atomic E-state index is -0.344. The first-order valence-electron chi connectivity index (χ1n) is 7.35. The van der Waals surface area contributed by atoms with Gasteiger partial charge in [0.05, 0.1) is 20.8 Å². The van der Waals surface area contributed by atoms with E-state index in [1.807, 2.05) is 42.5 Å². The smallest absolute Gasteiger partial charge is 0.330 e. The molecule has 0 heterocycles. The van der Waals surface area contributed by atoms with Gasteiger partial charge in [0.1, 0.15) is 0 Å². The second-order valence-electron chi connectivity index (χ2n) is 4.78. The number of benzene rings is 2. The molecule has 0 unspecified atom stereocenters. The molecule has 0 radical (unpaired) electrons. The zero-order chi connectivity index (χ0) is 16.7. The second kappa shape index (κ2) is 8.03. The normalized spacial score (nSPS) is 10.6. The first kappa shape index (κ1) is 16.6. The number of carbonyl (C=O) groups excluding carboxylic acids is 1. The van der Waals surface area contributed by atoms with Crippen molar-refractivity contribution in [1.82, 2.24) is 0 Å². The maximum atomic E-state index is 11.4. The van der Waals surface area contributed by atoms with Gasteiger partial charge in [-0.3, -0.25) is 0 Å². The van der Waals surface area contributed by atoms with Crippen LogP contribution in [0.25, 0.3) is 17.2 Å². The lowest BCUT2D eigenvalue weighted by Crippen LogP contribution is -1.98. The van der Waals surface area contributed by atoms with E-state index < -0.39 is 0 Å². The number of carbonyl (C=O) groups is 1. The minimum absolute atomic E-state index is 0.344. The summed E-state index contributed by atoms with van der Waals surface area (Å²) in [4.78, 5) is 11.4. The quantitative estimate of drug-likeness (QED) is 0.598. The Morgan fingerprint density at radius 1 is 1.00 bits per heavy atom.